The van der Waals surface area contributed by atoms with Crippen LogP contribution in [0.5, 0.6) is 0 Å². The first kappa shape index (κ1) is 36.0. The van der Waals surface area contributed by atoms with Gasteiger partial charge in [-0.15, -0.1) is 24.8 Å². The van der Waals surface area contributed by atoms with E-state index in [2.05, 4.69) is 39.8 Å². The van der Waals surface area contributed by atoms with Crippen LogP contribution < -0.4 is 11.5 Å². The second-order valence-corrected chi connectivity index (χ2v) is 15.0. The molecule has 1 heterocycles. The summed E-state index contributed by atoms with van der Waals surface area (Å²) >= 11 is 1.33. The Balaban J connectivity index is 1.77. The summed E-state index contributed by atoms with van der Waals surface area (Å²) in [5.74, 6) is -1.15. The third-order valence-electron chi connectivity index (χ3n) is 5.62. The molecule has 0 saturated carbocycles. The maximum atomic E-state index is 11.9. The van der Waals surface area contributed by atoms with Crippen LogP contribution >= 0.6 is 23.8 Å². The molecule has 4 aromatic rings. The van der Waals surface area contributed by atoms with Gasteiger partial charge < -0.3 is 11.5 Å². The molecule has 0 fully saturated rings. The third-order valence-corrected chi connectivity index (χ3v) is 9.78. The van der Waals surface area contributed by atoms with E-state index in [0.717, 1.165) is 36.0 Å². The molecule has 1 aromatic heterocycles. The van der Waals surface area contributed by atoms with Crippen molar-refractivity contribution in [3.63, 3.8) is 0 Å². The molecule has 0 spiro atoms. The SMILES string of the molecule is Nc1nc(SCCS(=O)(=O)O)nc(N)c1N=Nc1ccc(N=Nc2cc(SOOO)ccc2S(=O)(=O)O)c2ccc(S(=O)(=O)O)cc12. The van der Waals surface area contributed by atoms with E-state index in [1.807, 2.05) is 0 Å². The molecular formula is C22H20N8O12S5. The number of hydrogen-bond acceptors (Lipinski definition) is 19. The van der Waals surface area contributed by atoms with E-state index < -0.39 is 45.9 Å². The van der Waals surface area contributed by atoms with Crippen LogP contribution in [-0.4, -0.2) is 65.6 Å². The number of anilines is 2. The van der Waals surface area contributed by atoms with Crippen LogP contribution in [0.3, 0.4) is 0 Å². The van der Waals surface area contributed by atoms with Gasteiger partial charge in [0.25, 0.3) is 30.4 Å². The van der Waals surface area contributed by atoms with Gasteiger partial charge in [0, 0.05) is 21.4 Å². The summed E-state index contributed by atoms with van der Waals surface area (Å²) in [6, 6.07) is 9.43. The normalized spacial score (nSPS) is 12.9. The number of fused-ring (bicyclic) bond motifs is 1. The molecule has 0 radical (unpaired) electrons. The van der Waals surface area contributed by atoms with Crippen LogP contribution in [0.25, 0.3) is 10.8 Å². The molecule has 0 saturated heterocycles. The van der Waals surface area contributed by atoms with Gasteiger partial charge in [0.05, 0.1) is 34.1 Å². The number of benzene rings is 3. The van der Waals surface area contributed by atoms with Crippen molar-refractivity contribution in [2.45, 2.75) is 19.8 Å². The molecule has 0 amide bonds. The van der Waals surface area contributed by atoms with Crippen molar-refractivity contribution in [3.8, 4) is 0 Å². The number of rotatable bonds is 13. The van der Waals surface area contributed by atoms with Gasteiger partial charge in [-0.05, 0) is 42.5 Å². The minimum absolute atomic E-state index is 0.00361. The number of nitrogens with two attached hydrogens (primary N) is 2. The van der Waals surface area contributed by atoms with Crippen molar-refractivity contribution in [3.05, 3.63) is 48.5 Å². The Morgan fingerprint density at radius 1 is 0.745 bits per heavy atom. The average molecular weight is 749 g/mol. The minimum Gasteiger partial charge on any atom is -0.382 e. The zero-order valence-electron chi connectivity index (χ0n) is 23.0. The van der Waals surface area contributed by atoms with Crippen LogP contribution in [0.2, 0.25) is 0 Å². The topological polar surface area (TPSA) is 329 Å². The van der Waals surface area contributed by atoms with Crippen molar-refractivity contribution in [1.82, 2.24) is 9.97 Å². The van der Waals surface area contributed by atoms with Gasteiger partial charge in [0.2, 0.25) is 0 Å². The van der Waals surface area contributed by atoms with E-state index in [4.69, 9.17) is 21.3 Å². The molecule has 4 rings (SSSR count). The summed E-state index contributed by atoms with van der Waals surface area (Å²) in [4.78, 5) is 7.00. The molecule has 0 aliphatic carbocycles. The monoisotopic (exact) mass is 748 g/mol. The summed E-state index contributed by atoms with van der Waals surface area (Å²) in [5, 5.41) is 28.2. The Labute approximate surface area is 273 Å². The quantitative estimate of drug-likeness (QED) is 0.0208. The van der Waals surface area contributed by atoms with Gasteiger partial charge in [-0.3, -0.25) is 13.7 Å². The summed E-state index contributed by atoms with van der Waals surface area (Å²) < 4.78 is 102. The largest absolute Gasteiger partial charge is 0.382 e. The summed E-state index contributed by atoms with van der Waals surface area (Å²) in [6.45, 7) is 0. The molecule has 3 aromatic carbocycles. The highest BCUT2D eigenvalue weighted by Gasteiger charge is 2.18. The van der Waals surface area contributed by atoms with E-state index >= 15 is 0 Å². The highest BCUT2D eigenvalue weighted by atomic mass is 32.2. The second kappa shape index (κ2) is 14.5. The van der Waals surface area contributed by atoms with Crippen LogP contribution in [0.15, 0.2) is 88.8 Å². The Morgan fingerprint density at radius 2 is 1.36 bits per heavy atom. The zero-order chi connectivity index (χ0) is 34.6. The zero-order valence-corrected chi connectivity index (χ0v) is 27.0. The second-order valence-electron chi connectivity index (χ2n) is 8.78. The number of azo groups is 2. The summed E-state index contributed by atoms with van der Waals surface area (Å²) in [7, 11) is -13.7. The molecule has 20 nitrogen and oxygen atoms in total. The standard InChI is InChI=1S/C22H20N8O12S5/c23-20-19(21(24)26-22(25-20)43-7-8-45(32,33)34)30-28-16-5-4-15(13-3-2-12(10-14(13)16)46(35,36)37)27-29-17-9-11(44-42-41-31)1-6-18(17)47(38,39)40/h1-6,9-10,31H,7-8H2,(H,32,33,34)(H,35,36,37)(H,38,39,40)(H4,23,24,25,26). The van der Waals surface area contributed by atoms with E-state index in [9.17, 15) is 34.4 Å². The molecule has 250 valence electrons. The number of hydrogen-bond donors (Lipinski definition) is 6. The Bertz CT molecular complexity index is 2210. The fourth-order valence-electron chi connectivity index (χ4n) is 3.62. The van der Waals surface area contributed by atoms with Crippen LogP contribution in [0, 0.1) is 0 Å². The lowest BCUT2D eigenvalue weighted by molar-refractivity contribution is -0.432. The van der Waals surface area contributed by atoms with E-state index in [-0.39, 0.29) is 61.0 Å². The van der Waals surface area contributed by atoms with Crippen LogP contribution in [0.4, 0.5) is 34.4 Å². The fourth-order valence-corrected chi connectivity index (χ4v) is 6.80. The lowest BCUT2D eigenvalue weighted by Gasteiger charge is -2.08. The lowest BCUT2D eigenvalue weighted by atomic mass is 10.1. The number of nitrogens with zero attached hydrogens (tertiary/aromatic N) is 6. The Hall–Kier alpha value is -3.89. The Morgan fingerprint density at radius 3 is 1.96 bits per heavy atom. The maximum absolute atomic E-state index is 11.9. The molecule has 0 aliphatic heterocycles. The molecule has 47 heavy (non-hydrogen) atoms. The molecule has 25 heteroatoms. The van der Waals surface area contributed by atoms with Gasteiger partial charge in [-0.1, -0.05) is 22.9 Å². The van der Waals surface area contributed by atoms with Gasteiger partial charge in [0.15, 0.2) is 22.5 Å². The van der Waals surface area contributed by atoms with E-state index in [0.29, 0.717) is 12.0 Å². The number of thioether (sulfide) groups is 1. The molecule has 0 atom stereocenters. The lowest BCUT2D eigenvalue weighted by Crippen LogP contribution is -2.07. The first-order valence-corrected chi connectivity index (χ1v) is 18.3. The molecule has 0 aliphatic rings. The summed E-state index contributed by atoms with van der Waals surface area (Å²) in [5.41, 5.74) is 11.4. The van der Waals surface area contributed by atoms with Gasteiger partial charge >= 0.3 is 0 Å². The van der Waals surface area contributed by atoms with Crippen molar-refractivity contribution >= 4 is 99.3 Å². The predicted molar refractivity (Wildman–Crippen MR) is 167 cm³/mol. The smallest absolute Gasteiger partial charge is 0.296 e. The van der Waals surface area contributed by atoms with Crippen LogP contribution in [-0.2, 0) is 39.7 Å². The summed E-state index contributed by atoms with van der Waals surface area (Å²) in [6.07, 6.45) is 0. The van der Waals surface area contributed by atoms with Crippen molar-refractivity contribution in [1.29, 1.82) is 0 Å². The van der Waals surface area contributed by atoms with Gasteiger partial charge in [-0.2, -0.15) is 25.3 Å². The van der Waals surface area contributed by atoms with Crippen molar-refractivity contribution in [2.75, 3.05) is 23.0 Å². The highest BCUT2D eigenvalue weighted by Crippen LogP contribution is 2.39. The minimum atomic E-state index is -4.77. The molecule has 0 unspecified atom stereocenters. The predicted octanol–water partition coefficient (Wildman–Crippen LogP) is 4.53. The van der Waals surface area contributed by atoms with Crippen molar-refractivity contribution in [2.24, 2.45) is 20.5 Å². The fraction of sp³-hybridized carbons (Fsp3) is 0.0909. The average Bonchev–Trinajstić information content (AvgIpc) is 2.97. The van der Waals surface area contributed by atoms with E-state index in [1.165, 1.54) is 24.3 Å². The van der Waals surface area contributed by atoms with Crippen LogP contribution in [0.1, 0.15) is 0 Å². The Kier molecular flexibility index (Phi) is 11.1. The number of nitrogen functional groups attached to an aromatic ring is 2. The van der Waals surface area contributed by atoms with Gasteiger partial charge in [0.1, 0.15) is 10.6 Å². The number of aromatic nitrogens is 2. The van der Waals surface area contributed by atoms with E-state index in [1.54, 1.807) is 0 Å². The molecular weight excluding hydrogens is 729 g/mol. The first-order valence-electron chi connectivity index (χ1n) is 12.1. The third kappa shape index (κ3) is 9.58. The maximum Gasteiger partial charge on any atom is 0.296 e. The van der Waals surface area contributed by atoms with Gasteiger partial charge in [-0.25, -0.2) is 15.2 Å². The highest BCUT2D eigenvalue weighted by molar-refractivity contribution is 8.00. The molecule has 8 N–H and O–H groups in total. The first-order chi connectivity index (χ1) is 22.0. The van der Waals surface area contributed by atoms with Crippen molar-refractivity contribution < 1.29 is 53.5 Å². The molecule has 0 bridgehead atoms.